The highest BCUT2D eigenvalue weighted by molar-refractivity contribution is 6.72. The van der Waals surface area contributed by atoms with Gasteiger partial charge in [-0.25, -0.2) is 0 Å². The van der Waals surface area contributed by atoms with Crippen LogP contribution in [-0.4, -0.2) is 53.0 Å². The lowest BCUT2D eigenvalue weighted by atomic mass is 9.82. The summed E-state index contributed by atoms with van der Waals surface area (Å²) in [7, 11) is -3.39. The summed E-state index contributed by atoms with van der Waals surface area (Å²) < 4.78 is 25.1. The smallest absolute Gasteiger partial charge is 0.264 e. The summed E-state index contributed by atoms with van der Waals surface area (Å²) in [5, 5.41) is 19.3. The quantitative estimate of drug-likeness (QED) is 0.166. The number of aryl methyl sites for hydroxylation is 1. The first kappa shape index (κ1) is 32.4. The van der Waals surface area contributed by atoms with Gasteiger partial charge in [-0.2, -0.15) is 0 Å². The Morgan fingerprint density at radius 1 is 1.04 bits per heavy atom. The third-order valence-electron chi connectivity index (χ3n) is 10.4. The van der Waals surface area contributed by atoms with Crippen LogP contribution in [0.5, 0.6) is 0 Å². The van der Waals surface area contributed by atoms with Crippen molar-refractivity contribution in [2.24, 2.45) is 5.92 Å². The first-order valence-electron chi connectivity index (χ1n) is 16.9. The number of hydrogen-bond acceptors (Lipinski definition) is 6. The van der Waals surface area contributed by atoms with Crippen molar-refractivity contribution in [3.63, 3.8) is 0 Å². The second-order valence-electron chi connectivity index (χ2n) is 13.9. The van der Waals surface area contributed by atoms with Crippen molar-refractivity contribution in [3.8, 4) is 0 Å². The average Bonchev–Trinajstić information content (AvgIpc) is 3.75. The molecule has 0 unspecified atom stereocenters. The Balaban J connectivity index is 1.23. The molecule has 2 amide bonds. The predicted octanol–water partition coefficient (Wildman–Crippen LogP) is 6.29. The molecular formula is C37H42FN5O4Si. The van der Waals surface area contributed by atoms with Crippen LogP contribution < -0.4 is 9.80 Å². The maximum atomic E-state index is 16.4. The molecule has 1 spiro atoms. The summed E-state index contributed by atoms with van der Waals surface area (Å²) in [6, 6.07) is 24.9. The molecule has 3 aromatic carbocycles. The van der Waals surface area contributed by atoms with E-state index in [4.69, 9.17) is 4.74 Å². The van der Waals surface area contributed by atoms with Crippen molar-refractivity contribution in [2.45, 2.75) is 82.1 Å². The predicted molar refractivity (Wildman–Crippen MR) is 183 cm³/mol. The number of fused-ring (bicyclic) bond motifs is 2. The average molecular weight is 668 g/mol. The minimum absolute atomic E-state index is 0.0683. The van der Waals surface area contributed by atoms with Crippen LogP contribution >= 0.6 is 0 Å². The lowest BCUT2D eigenvalue weighted by Gasteiger charge is -2.32. The van der Waals surface area contributed by atoms with Crippen LogP contribution in [0, 0.1) is 5.92 Å². The number of benzene rings is 3. The number of anilines is 2. The Morgan fingerprint density at radius 3 is 2.48 bits per heavy atom. The van der Waals surface area contributed by atoms with Gasteiger partial charge in [0.1, 0.15) is 11.8 Å². The molecule has 4 aromatic rings. The molecule has 2 saturated heterocycles. The van der Waals surface area contributed by atoms with Crippen LogP contribution in [0.1, 0.15) is 61.1 Å². The number of piperidine rings is 1. The fourth-order valence-electron chi connectivity index (χ4n) is 8.09. The summed E-state index contributed by atoms with van der Waals surface area (Å²) in [4.78, 5) is 31.4. The minimum Gasteiger partial charge on any atom is -0.382 e. The van der Waals surface area contributed by atoms with Crippen LogP contribution in [0.15, 0.2) is 85.1 Å². The number of halogens is 1. The first-order valence-corrected chi connectivity index (χ1v) is 19.8. The number of aromatic nitrogens is 3. The number of ether oxygens (including phenoxy) is 1. The van der Waals surface area contributed by atoms with Gasteiger partial charge in [0.2, 0.25) is 14.3 Å². The van der Waals surface area contributed by atoms with Gasteiger partial charge in [-0.15, -0.1) is 5.10 Å². The molecule has 48 heavy (non-hydrogen) atoms. The maximum Gasteiger partial charge on any atom is 0.264 e. The van der Waals surface area contributed by atoms with Gasteiger partial charge >= 0.3 is 0 Å². The molecule has 4 heterocycles. The van der Waals surface area contributed by atoms with Crippen molar-refractivity contribution in [1.82, 2.24) is 15.0 Å². The summed E-state index contributed by atoms with van der Waals surface area (Å²) in [5.74, 6) is -0.589. The molecule has 9 nitrogen and oxygen atoms in total. The van der Waals surface area contributed by atoms with Gasteiger partial charge in [-0.3, -0.25) is 14.3 Å². The second-order valence-corrected chi connectivity index (χ2v) is 17.7. The van der Waals surface area contributed by atoms with E-state index in [1.54, 1.807) is 33.8 Å². The van der Waals surface area contributed by atoms with Crippen molar-refractivity contribution in [2.75, 3.05) is 16.3 Å². The van der Waals surface area contributed by atoms with E-state index in [0.717, 1.165) is 29.8 Å². The normalized spacial score (nSPS) is 24.8. The van der Waals surface area contributed by atoms with Crippen molar-refractivity contribution in [3.05, 3.63) is 107 Å². The molecule has 0 saturated carbocycles. The van der Waals surface area contributed by atoms with E-state index in [9.17, 15) is 14.7 Å². The zero-order valence-electron chi connectivity index (χ0n) is 27.6. The third-order valence-corrected chi connectivity index (χ3v) is 12.8. The van der Waals surface area contributed by atoms with Gasteiger partial charge in [-0.05, 0) is 61.7 Å². The molecule has 0 bridgehead atoms. The SMILES string of the molecule is C[C@@H]1[C@@H]([Si](C)(C)F)[C@H](CCn2cc([C@H](O)c3ccccc3)nn2)O[C@@]12C(=O)N(Cc1ccccc1)c1ccc(N3CCCCC3=O)cc12. The van der Waals surface area contributed by atoms with Crippen LogP contribution in [0.3, 0.4) is 0 Å². The van der Waals surface area contributed by atoms with Crippen LogP contribution in [0.4, 0.5) is 15.5 Å². The summed E-state index contributed by atoms with van der Waals surface area (Å²) in [6.07, 6.45) is 2.91. The number of nitrogens with zero attached hydrogens (tertiary/aromatic N) is 5. The number of hydrogen-bond donors (Lipinski definition) is 1. The molecule has 3 aliphatic rings. The molecule has 5 atom stereocenters. The van der Waals surface area contributed by atoms with Gasteiger partial charge in [-0.1, -0.05) is 72.8 Å². The van der Waals surface area contributed by atoms with Crippen LogP contribution in [-0.2, 0) is 33.0 Å². The fourth-order valence-corrected chi connectivity index (χ4v) is 10.6. The fraction of sp³-hybridized carbons (Fsp3) is 0.405. The van der Waals surface area contributed by atoms with Gasteiger partial charge < -0.3 is 23.8 Å². The Morgan fingerprint density at radius 2 is 1.77 bits per heavy atom. The number of aliphatic hydroxyl groups excluding tert-OH is 1. The Kier molecular flexibility index (Phi) is 8.55. The van der Waals surface area contributed by atoms with Gasteiger partial charge in [0.05, 0.1) is 24.5 Å². The van der Waals surface area contributed by atoms with E-state index < -0.39 is 37.7 Å². The summed E-state index contributed by atoms with van der Waals surface area (Å²) in [6.45, 7) is 6.69. The molecule has 1 aromatic heterocycles. The maximum absolute atomic E-state index is 16.4. The number of carbonyl (C=O) groups excluding carboxylic acids is 2. The zero-order chi connectivity index (χ0) is 33.6. The van der Waals surface area contributed by atoms with E-state index in [-0.39, 0.29) is 11.8 Å². The van der Waals surface area contributed by atoms with Gasteiger partial charge in [0.25, 0.3) is 5.91 Å². The topological polar surface area (TPSA) is 101 Å². The monoisotopic (exact) mass is 667 g/mol. The Hall–Kier alpha value is -4.19. The molecule has 0 aliphatic carbocycles. The van der Waals surface area contributed by atoms with E-state index in [2.05, 4.69) is 10.3 Å². The lowest BCUT2D eigenvalue weighted by molar-refractivity contribution is -0.146. The second kappa shape index (κ2) is 12.7. The summed E-state index contributed by atoms with van der Waals surface area (Å²) >= 11 is 0. The van der Waals surface area contributed by atoms with Crippen molar-refractivity contribution < 1.29 is 23.5 Å². The Labute approximate surface area is 281 Å². The number of aliphatic hydroxyl groups is 1. The minimum atomic E-state index is -3.39. The van der Waals surface area contributed by atoms with E-state index in [1.807, 2.05) is 85.8 Å². The highest BCUT2D eigenvalue weighted by Crippen LogP contribution is 2.60. The summed E-state index contributed by atoms with van der Waals surface area (Å²) in [5.41, 5.74) is 2.41. The number of amides is 2. The zero-order valence-corrected chi connectivity index (χ0v) is 28.6. The highest BCUT2D eigenvalue weighted by atomic mass is 28.4. The molecule has 11 heteroatoms. The first-order chi connectivity index (χ1) is 23.1. The Bertz CT molecular complexity index is 1800. The largest absolute Gasteiger partial charge is 0.382 e. The highest BCUT2D eigenvalue weighted by Gasteiger charge is 2.66. The molecule has 2 fully saturated rings. The van der Waals surface area contributed by atoms with Crippen LogP contribution in [0.2, 0.25) is 18.6 Å². The standard InChI is InChI=1S/C37H42FN5O4Si/c1-25-35(48(2,3)38)32(19-21-41-24-30(39-40-41)34(45)27-14-8-5-9-15-27)47-37(25)29-22-28(42-20-11-10-16-33(42)44)17-18-31(29)43(36(37)46)23-26-12-6-4-7-13-26/h4-9,12-15,17-18,22,24-25,32,34-35,45H,10-11,16,19-21,23H2,1-3H3/t25-,32+,34-,35-,37+/m1/s1. The van der Waals surface area contributed by atoms with E-state index in [0.29, 0.717) is 49.3 Å². The van der Waals surface area contributed by atoms with Crippen molar-refractivity contribution >= 4 is 31.6 Å². The lowest BCUT2D eigenvalue weighted by Crippen LogP contribution is -2.45. The molecule has 1 N–H and O–H groups in total. The number of rotatable bonds is 9. The van der Waals surface area contributed by atoms with Crippen molar-refractivity contribution in [1.29, 1.82) is 0 Å². The molecule has 7 rings (SSSR count). The molecule has 3 aliphatic heterocycles. The van der Waals surface area contributed by atoms with E-state index in [1.165, 1.54) is 0 Å². The van der Waals surface area contributed by atoms with Gasteiger partial charge in [0.15, 0.2) is 5.60 Å². The molecule has 250 valence electrons. The number of carbonyl (C=O) groups is 2. The van der Waals surface area contributed by atoms with Crippen LogP contribution in [0.25, 0.3) is 0 Å². The molecule has 0 radical (unpaired) electrons. The molecular weight excluding hydrogens is 626 g/mol. The van der Waals surface area contributed by atoms with Gasteiger partial charge in [0, 0.05) is 42.2 Å². The van der Waals surface area contributed by atoms with E-state index >= 15 is 4.11 Å². The third kappa shape index (κ3) is 5.67.